The topological polar surface area (TPSA) is 23.1 Å². The van der Waals surface area contributed by atoms with Gasteiger partial charge in [0, 0.05) is 0 Å². The summed E-state index contributed by atoms with van der Waals surface area (Å²) in [6, 6.07) is 0. The summed E-state index contributed by atoms with van der Waals surface area (Å²) in [4.78, 5) is 0. The molecule has 0 N–H and O–H groups in total. The zero-order valence-corrected chi connectivity index (χ0v) is 9.03. The largest absolute Gasteiger partial charge is 2.00 e. The molecule has 0 amide bonds. The van der Waals surface area contributed by atoms with Gasteiger partial charge in [0.1, 0.15) is 0 Å². The normalized spacial score (nSPS) is 9.14. The van der Waals surface area contributed by atoms with Gasteiger partial charge in [-0.25, -0.2) is 0 Å². The van der Waals surface area contributed by atoms with Crippen LogP contribution < -0.4 is 5.11 Å². The van der Waals surface area contributed by atoms with Crippen LogP contribution in [-0.2, 0) is 30.4 Å². The van der Waals surface area contributed by atoms with Crippen LogP contribution in [0.25, 0.3) is 0 Å². The molecule has 0 saturated heterocycles. The van der Waals surface area contributed by atoms with E-state index in [2.05, 4.69) is 12.2 Å². The molecule has 0 spiro atoms. The predicted molar refractivity (Wildman–Crippen MR) is 31.8 cm³/mol. The van der Waals surface area contributed by atoms with Gasteiger partial charge in [0.2, 0.25) is 0 Å². The standard InChI is InChI=1S/C3H7OS2.Zn/c1-6(2)3(4)5;/h1-2H3,(H,4,5);/q-1;+2/p-1. The molecule has 0 aromatic heterocycles. The van der Waals surface area contributed by atoms with Gasteiger partial charge in [-0.05, 0) is 0 Å². The summed E-state index contributed by atoms with van der Waals surface area (Å²) in [5.41, 5.74) is 0. The van der Waals surface area contributed by atoms with Gasteiger partial charge in [-0.3, -0.25) is 0 Å². The van der Waals surface area contributed by atoms with Crippen LogP contribution in [0.3, 0.4) is 0 Å². The van der Waals surface area contributed by atoms with Gasteiger partial charge < -0.3 is 16.0 Å². The van der Waals surface area contributed by atoms with Crippen LogP contribution in [0, 0.1) is 0 Å². The van der Waals surface area contributed by atoms with Crippen molar-refractivity contribution in [2.24, 2.45) is 0 Å². The minimum atomic E-state index is -0.191. The molecule has 38 valence electrons. The molecule has 1 nitrogen and oxygen atoms in total. The minimum absolute atomic E-state index is 0. The molecule has 0 aliphatic heterocycles. The summed E-state index contributed by atoms with van der Waals surface area (Å²) < 4.78 is -0.130. The van der Waals surface area contributed by atoms with E-state index in [1.807, 2.05) is 12.5 Å². The van der Waals surface area contributed by atoms with Crippen LogP contribution in [0.15, 0.2) is 0 Å². The van der Waals surface area contributed by atoms with E-state index in [9.17, 15) is 5.11 Å². The second kappa shape index (κ2) is 5.01. The molecule has 0 unspecified atom stereocenters. The van der Waals surface area contributed by atoms with Crippen molar-refractivity contribution >= 4 is 27.5 Å². The van der Waals surface area contributed by atoms with Gasteiger partial charge in [0.25, 0.3) is 0 Å². The summed E-state index contributed by atoms with van der Waals surface area (Å²) >= 11 is 4.28. The van der Waals surface area contributed by atoms with Gasteiger partial charge in [-0.15, -0.1) is 12.2 Å². The molecule has 0 aliphatic rings. The summed E-state index contributed by atoms with van der Waals surface area (Å²) in [5, 5.41) is 9.97. The Bertz CT molecular complexity index is 64.0. The maximum Gasteiger partial charge on any atom is 2.00 e. The molecule has 0 rings (SSSR count). The molecule has 7 heavy (non-hydrogen) atoms. The van der Waals surface area contributed by atoms with Crippen LogP contribution in [0.2, 0.25) is 0 Å². The molecule has 0 aromatic rings. The zero-order valence-electron chi connectivity index (χ0n) is 4.43. The first-order valence-electron chi connectivity index (χ1n) is 1.43. The van der Waals surface area contributed by atoms with Crippen molar-refractivity contribution in [1.82, 2.24) is 0 Å². The Morgan fingerprint density at radius 3 is 1.71 bits per heavy atom. The molecule has 4 heteroatoms. The Labute approximate surface area is 64.6 Å². The van der Waals surface area contributed by atoms with E-state index in [0.29, 0.717) is 0 Å². The van der Waals surface area contributed by atoms with Crippen molar-refractivity contribution in [2.75, 3.05) is 12.5 Å². The van der Waals surface area contributed by atoms with Crippen molar-refractivity contribution in [3.8, 4) is 0 Å². The van der Waals surface area contributed by atoms with Crippen LogP contribution in [0.1, 0.15) is 0 Å². The van der Waals surface area contributed by atoms with Gasteiger partial charge in [-0.1, -0.05) is 0 Å². The van der Waals surface area contributed by atoms with Crippen molar-refractivity contribution in [3.63, 3.8) is 0 Å². The molecule has 0 aliphatic carbocycles. The maximum atomic E-state index is 9.97. The summed E-state index contributed by atoms with van der Waals surface area (Å²) in [7, 11) is -0.191. The van der Waals surface area contributed by atoms with Gasteiger partial charge in [0.15, 0.2) is 0 Å². The smallest absolute Gasteiger partial charge is 0.884 e. The zero-order chi connectivity index (χ0) is 5.15. The van der Waals surface area contributed by atoms with E-state index < -0.39 is 0 Å². The number of thiocarbonyl (C=S) groups is 1. The predicted octanol–water partition coefficient (Wildman–Crippen LogP) is -0.493. The summed E-state index contributed by atoms with van der Waals surface area (Å²) in [5.74, 6) is 0. The fraction of sp³-hybridized carbons (Fsp3) is 0.667. The molecule has 0 fully saturated rings. The van der Waals surface area contributed by atoms with Crippen LogP contribution in [-0.4, -0.2) is 16.9 Å². The molecule has 0 saturated carbocycles. The van der Waals surface area contributed by atoms with E-state index in [-0.39, 0.29) is 34.8 Å². The summed E-state index contributed by atoms with van der Waals surface area (Å²) in [6.45, 7) is 0. The van der Waals surface area contributed by atoms with Crippen molar-refractivity contribution in [1.29, 1.82) is 0 Å². The third-order valence-electron chi connectivity index (χ3n) is 0.333. The average molecular weight is 188 g/mol. The second-order valence-corrected chi connectivity index (χ2v) is 3.70. The van der Waals surface area contributed by atoms with Crippen molar-refractivity contribution in [2.45, 2.75) is 0 Å². The minimum Gasteiger partial charge on any atom is -0.884 e. The fourth-order valence-electron chi connectivity index (χ4n) is 0. The quantitative estimate of drug-likeness (QED) is 0.290. The van der Waals surface area contributed by atoms with E-state index in [1.54, 1.807) is 0 Å². The third kappa shape index (κ3) is 6.86. The number of hydrogen-bond donors (Lipinski definition) is 0. The molecule has 0 aromatic carbocycles. The van der Waals surface area contributed by atoms with Crippen molar-refractivity contribution < 1.29 is 24.6 Å². The van der Waals surface area contributed by atoms with Gasteiger partial charge in [0.05, 0.1) is 0 Å². The van der Waals surface area contributed by atoms with Crippen molar-refractivity contribution in [3.05, 3.63) is 0 Å². The Balaban J connectivity index is 0. The molecule has 0 radical (unpaired) electrons. The average Bonchev–Trinajstić information content (AvgIpc) is 1.36. The number of rotatable bonds is 0. The molecule has 0 heterocycles. The van der Waals surface area contributed by atoms with E-state index in [4.69, 9.17) is 0 Å². The molecular weight excluding hydrogens is 182 g/mol. The molecule has 0 bridgehead atoms. The Kier molecular flexibility index (Phi) is 7.71. The SMILES string of the molecule is C[S-](C)C([O-])=S.[Zn+2]. The fourth-order valence-corrected chi connectivity index (χ4v) is 0. The van der Waals surface area contributed by atoms with E-state index >= 15 is 0 Å². The Morgan fingerprint density at radius 2 is 1.71 bits per heavy atom. The van der Waals surface area contributed by atoms with Gasteiger partial charge >= 0.3 is 19.5 Å². The molecular formula is C3H6OS2Zn. The Morgan fingerprint density at radius 1 is 1.57 bits per heavy atom. The summed E-state index contributed by atoms with van der Waals surface area (Å²) in [6.07, 6.45) is 3.63. The first kappa shape index (κ1) is 10.8. The van der Waals surface area contributed by atoms with Crippen LogP contribution >= 0.6 is 12.2 Å². The number of hydrogen-bond acceptors (Lipinski definition) is 3. The van der Waals surface area contributed by atoms with Gasteiger partial charge in [-0.2, -0.15) is 16.9 Å². The second-order valence-electron chi connectivity index (χ2n) is 1.07. The maximum absolute atomic E-state index is 9.97. The molecule has 0 atom stereocenters. The Hall–Kier alpha value is 0.863. The van der Waals surface area contributed by atoms with Crippen LogP contribution in [0.5, 0.6) is 0 Å². The van der Waals surface area contributed by atoms with E-state index in [0.717, 1.165) is 0 Å². The first-order valence-corrected chi connectivity index (χ1v) is 3.88. The van der Waals surface area contributed by atoms with Crippen LogP contribution in [0.4, 0.5) is 0 Å². The van der Waals surface area contributed by atoms with E-state index in [1.165, 1.54) is 0 Å². The first-order chi connectivity index (χ1) is 2.64. The monoisotopic (exact) mass is 186 g/mol. The third-order valence-corrected chi connectivity index (χ3v) is 2.00.